The summed E-state index contributed by atoms with van der Waals surface area (Å²) in [5.41, 5.74) is -0.141. The van der Waals surface area contributed by atoms with E-state index < -0.39 is 24.2 Å². The van der Waals surface area contributed by atoms with Crippen molar-refractivity contribution in [2.75, 3.05) is 19.7 Å². The van der Waals surface area contributed by atoms with Gasteiger partial charge in [-0.2, -0.15) is 0 Å². The van der Waals surface area contributed by atoms with E-state index in [2.05, 4.69) is 5.32 Å². The maximum atomic E-state index is 13.5. The van der Waals surface area contributed by atoms with Crippen molar-refractivity contribution >= 4 is 17.8 Å². The molecule has 1 N–H and O–H groups in total. The number of nitrogens with one attached hydrogen (secondary N) is 1. The van der Waals surface area contributed by atoms with Crippen LogP contribution >= 0.6 is 0 Å². The molecule has 1 saturated heterocycles. The van der Waals surface area contributed by atoms with Crippen molar-refractivity contribution in [2.45, 2.75) is 44.6 Å². The second-order valence-corrected chi connectivity index (χ2v) is 7.16. The summed E-state index contributed by atoms with van der Waals surface area (Å²) in [6.07, 6.45) is 6.68. The fraction of sp³-hybridized carbons (Fsp3) is 0.550. The van der Waals surface area contributed by atoms with Crippen molar-refractivity contribution in [3.05, 3.63) is 35.6 Å². The minimum absolute atomic E-state index is 0.141. The Labute approximate surface area is 158 Å². The van der Waals surface area contributed by atoms with Gasteiger partial charge in [0.2, 0.25) is 0 Å². The molecule has 0 aromatic heterocycles. The van der Waals surface area contributed by atoms with Gasteiger partial charge in [-0.1, -0.05) is 25.0 Å². The third-order valence-corrected chi connectivity index (χ3v) is 5.43. The second-order valence-electron chi connectivity index (χ2n) is 7.16. The molecule has 0 bridgehead atoms. The fourth-order valence-electron chi connectivity index (χ4n) is 4.10. The van der Waals surface area contributed by atoms with Crippen LogP contribution in [0.3, 0.4) is 0 Å². The maximum absolute atomic E-state index is 13.5. The van der Waals surface area contributed by atoms with E-state index in [9.17, 15) is 18.8 Å². The van der Waals surface area contributed by atoms with Crippen LogP contribution in [0.2, 0.25) is 0 Å². The van der Waals surface area contributed by atoms with Crippen LogP contribution in [-0.4, -0.2) is 48.4 Å². The molecule has 1 aromatic rings. The molecule has 1 aromatic carbocycles. The molecule has 3 rings (SSSR count). The largest absolute Gasteiger partial charge is 0.454 e. The normalized spacial score (nSPS) is 21.9. The Morgan fingerprint density at radius 2 is 1.85 bits per heavy atom. The van der Waals surface area contributed by atoms with Crippen molar-refractivity contribution in [3.63, 3.8) is 0 Å². The van der Waals surface area contributed by atoms with E-state index in [1.165, 1.54) is 30.7 Å². The molecule has 0 unspecified atom stereocenters. The van der Waals surface area contributed by atoms with Gasteiger partial charge >= 0.3 is 5.97 Å². The van der Waals surface area contributed by atoms with E-state index in [1.54, 1.807) is 0 Å². The summed E-state index contributed by atoms with van der Waals surface area (Å²) in [5.74, 6) is -1.69. The number of carbonyl (C=O) groups is 3. The van der Waals surface area contributed by atoms with Crippen LogP contribution in [0.5, 0.6) is 0 Å². The zero-order chi connectivity index (χ0) is 19.2. The summed E-state index contributed by atoms with van der Waals surface area (Å²) in [6.45, 7) is -0.0221. The number of amides is 2. The smallest absolute Gasteiger partial charge is 0.325 e. The number of likely N-dealkylation sites (tertiary alicyclic amines) is 1. The van der Waals surface area contributed by atoms with Crippen LogP contribution in [0.25, 0.3) is 0 Å². The quantitative estimate of drug-likeness (QED) is 0.800. The van der Waals surface area contributed by atoms with Crippen LogP contribution in [0.1, 0.15) is 48.9 Å². The van der Waals surface area contributed by atoms with E-state index in [1.807, 2.05) is 4.90 Å². The van der Waals surface area contributed by atoms with Gasteiger partial charge in [0.25, 0.3) is 11.8 Å². The topological polar surface area (TPSA) is 75.7 Å². The number of carbonyl (C=O) groups excluding carboxylic acids is 3. The number of nitrogens with zero attached hydrogens (tertiary/aromatic N) is 1. The number of esters is 1. The molecule has 2 aliphatic rings. The molecule has 27 heavy (non-hydrogen) atoms. The Bertz CT molecular complexity index is 707. The number of fused-ring (bicyclic) bond motifs is 1. The first kappa shape index (κ1) is 19.3. The first-order valence-electron chi connectivity index (χ1n) is 9.54. The molecule has 7 heteroatoms. The van der Waals surface area contributed by atoms with E-state index in [-0.39, 0.29) is 24.1 Å². The van der Waals surface area contributed by atoms with Crippen molar-refractivity contribution < 1.29 is 23.5 Å². The van der Waals surface area contributed by atoms with Gasteiger partial charge in [0.05, 0.1) is 5.56 Å². The van der Waals surface area contributed by atoms with Gasteiger partial charge in [-0.15, -0.1) is 0 Å². The van der Waals surface area contributed by atoms with Gasteiger partial charge in [-0.05, 0) is 43.7 Å². The SMILES string of the molecule is O=C(CNC(=O)c1ccccc1F)OCC(=O)N1CCC[C@H]2CCCC[C@@H]21. The Morgan fingerprint density at radius 3 is 2.67 bits per heavy atom. The van der Waals surface area contributed by atoms with E-state index >= 15 is 0 Å². The maximum Gasteiger partial charge on any atom is 0.325 e. The summed E-state index contributed by atoms with van der Waals surface area (Å²) >= 11 is 0. The highest BCUT2D eigenvalue weighted by Crippen LogP contribution is 2.35. The highest BCUT2D eigenvalue weighted by Gasteiger charge is 2.35. The molecular weight excluding hydrogens is 351 g/mol. The zero-order valence-electron chi connectivity index (χ0n) is 15.3. The van der Waals surface area contributed by atoms with Gasteiger partial charge in [-0.3, -0.25) is 14.4 Å². The van der Waals surface area contributed by atoms with Gasteiger partial charge in [-0.25, -0.2) is 4.39 Å². The average Bonchev–Trinajstić information content (AvgIpc) is 2.70. The number of ether oxygens (including phenoxy) is 1. The molecule has 0 radical (unpaired) electrons. The molecule has 1 saturated carbocycles. The number of piperidine rings is 1. The number of halogens is 1. The van der Waals surface area contributed by atoms with Gasteiger partial charge in [0.15, 0.2) is 6.61 Å². The molecule has 6 nitrogen and oxygen atoms in total. The predicted octanol–water partition coefficient (Wildman–Crippen LogP) is 2.28. The summed E-state index contributed by atoms with van der Waals surface area (Å²) in [6, 6.07) is 5.77. The second kappa shape index (κ2) is 8.97. The molecule has 0 spiro atoms. The Balaban J connectivity index is 1.44. The predicted molar refractivity (Wildman–Crippen MR) is 96.4 cm³/mol. The molecule has 1 heterocycles. The standard InChI is InChI=1S/C20H25FN2O4/c21-16-9-3-2-8-15(16)20(26)22-12-19(25)27-13-18(24)23-11-5-7-14-6-1-4-10-17(14)23/h2-3,8-9,14,17H,1,4-7,10-13H2,(H,22,26)/t14-,17+/m1/s1. The third-order valence-electron chi connectivity index (χ3n) is 5.43. The number of benzene rings is 1. The molecule has 1 aliphatic carbocycles. The number of rotatable bonds is 5. The summed E-state index contributed by atoms with van der Waals surface area (Å²) in [5, 5.41) is 2.31. The molecule has 1 aliphatic heterocycles. The van der Waals surface area contributed by atoms with E-state index in [0.717, 1.165) is 32.1 Å². The molecular formula is C20H25FN2O4. The molecule has 2 atom stereocenters. The summed E-state index contributed by atoms with van der Waals surface area (Å²) in [4.78, 5) is 38.0. The highest BCUT2D eigenvalue weighted by molar-refractivity contribution is 5.96. The van der Waals surface area contributed by atoms with Crippen LogP contribution in [0.15, 0.2) is 24.3 Å². The van der Waals surface area contributed by atoms with Gasteiger partial charge in [0.1, 0.15) is 12.4 Å². The minimum atomic E-state index is -0.717. The summed E-state index contributed by atoms with van der Waals surface area (Å²) in [7, 11) is 0. The van der Waals surface area contributed by atoms with Gasteiger partial charge in [0, 0.05) is 12.6 Å². The molecule has 2 fully saturated rings. The van der Waals surface area contributed by atoms with Crippen LogP contribution in [0, 0.1) is 11.7 Å². The van der Waals surface area contributed by atoms with Crippen LogP contribution in [-0.2, 0) is 14.3 Å². The first-order valence-corrected chi connectivity index (χ1v) is 9.54. The lowest BCUT2D eigenvalue weighted by atomic mass is 9.78. The lowest BCUT2D eigenvalue weighted by molar-refractivity contribution is -0.154. The summed E-state index contributed by atoms with van der Waals surface area (Å²) < 4.78 is 18.5. The Kier molecular flexibility index (Phi) is 6.42. The lowest BCUT2D eigenvalue weighted by Crippen LogP contribution is -2.51. The van der Waals surface area contributed by atoms with Crippen molar-refractivity contribution in [3.8, 4) is 0 Å². The van der Waals surface area contributed by atoms with Gasteiger partial charge < -0.3 is 15.0 Å². The monoisotopic (exact) mass is 376 g/mol. The lowest BCUT2D eigenvalue weighted by Gasteiger charge is -2.44. The fourth-order valence-corrected chi connectivity index (χ4v) is 4.10. The van der Waals surface area contributed by atoms with E-state index in [0.29, 0.717) is 12.5 Å². The number of hydrogen-bond donors (Lipinski definition) is 1. The van der Waals surface area contributed by atoms with Crippen molar-refractivity contribution in [1.29, 1.82) is 0 Å². The van der Waals surface area contributed by atoms with E-state index in [4.69, 9.17) is 4.74 Å². The number of hydrogen-bond acceptors (Lipinski definition) is 4. The molecule has 2 amide bonds. The Hall–Kier alpha value is -2.44. The third kappa shape index (κ3) is 4.84. The Morgan fingerprint density at radius 1 is 1.11 bits per heavy atom. The van der Waals surface area contributed by atoms with Crippen molar-refractivity contribution in [1.82, 2.24) is 10.2 Å². The zero-order valence-corrected chi connectivity index (χ0v) is 15.3. The average molecular weight is 376 g/mol. The highest BCUT2D eigenvalue weighted by atomic mass is 19.1. The minimum Gasteiger partial charge on any atom is -0.454 e. The van der Waals surface area contributed by atoms with Crippen molar-refractivity contribution in [2.24, 2.45) is 5.92 Å². The van der Waals surface area contributed by atoms with Crippen LogP contribution < -0.4 is 5.32 Å². The molecule has 146 valence electrons. The first-order chi connectivity index (χ1) is 13.1. The van der Waals surface area contributed by atoms with Crippen LogP contribution in [0.4, 0.5) is 4.39 Å².